The van der Waals surface area contributed by atoms with Gasteiger partial charge in [0, 0.05) is 19.7 Å². The van der Waals surface area contributed by atoms with Gasteiger partial charge in [-0.3, -0.25) is 0 Å². The number of benzene rings is 1. The van der Waals surface area contributed by atoms with Crippen molar-refractivity contribution in [1.82, 2.24) is 9.84 Å². The summed E-state index contributed by atoms with van der Waals surface area (Å²) >= 11 is 10.7. The summed E-state index contributed by atoms with van der Waals surface area (Å²) in [5.41, 5.74) is 5.88. The van der Waals surface area contributed by atoms with Crippen molar-refractivity contribution in [3.63, 3.8) is 0 Å². The first kappa shape index (κ1) is 14.3. The van der Waals surface area contributed by atoms with Crippen LogP contribution < -0.4 is 10.6 Å². The predicted molar refractivity (Wildman–Crippen MR) is 71.3 cm³/mol. The molecule has 8 heteroatoms. The van der Waals surface area contributed by atoms with E-state index in [0.717, 1.165) is 0 Å². The molecule has 0 radical (unpaired) electrons. The van der Waals surface area contributed by atoms with Crippen LogP contribution in [-0.2, 0) is 10.0 Å². The highest BCUT2D eigenvalue weighted by molar-refractivity contribution is 7.89. The van der Waals surface area contributed by atoms with Gasteiger partial charge in [0.2, 0.25) is 0 Å². The molecule has 0 aliphatic heterocycles. The van der Waals surface area contributed by atoms with E-state index in [2.05, 4.69) is 4.83 Å². The Hall–Kier alpha value is -0.730. The van der Waals surface area contributed by atoms with Gasteiger partial charge in [0.05, 0.1) is 9.92 Å². The first-order valence-electron chi connectivity index (χ1n) is 4.53. The minimum absolute atomic E-state index is 0.0520. The summed E-state index contributed by atoms with van der Waals surface area (Å²) in [6, 6.07) is 4.18. The number of sulfonamides is 1. The number of rotatable bonds is 4. The van der Waals surface area contributed by atoms with E-state index in [9.17, 15) is 8.42 Å². The van der Waals surface area contributed by atoms with Crippen LogP contribution in [0.25, 0.3) is 0 Å². The molecule has 0 bridgehead atoms. The molecule has 0 aliphatic rings. The maximum atomic E-state index is 11.8. The molecule has 0 saturated carbocycles. The van der Waals surface area contributed by atoms with Gasteiger partial charge in [-0.25, -0.2) is 13.4 Å². The van der Waals surface area contributed by atoms with E-state index in [1.807, 2.05) is 0 Å². The lowest BCUT2D eigenvalue weighted by molar-refractivity contribution is 0.364. The summed E-state index contributed by atoms with van der Waals surface area (Å²) in [6.07, 6.45) is 0. The SMILES string of the molecule is CN(C)NS(=O)(=O)c1ccc(C(N)=S)c(Cl)c1. The van der Waals surface area contributed by atoms with Crippen LogP contribution in [0, 0.1) is 0 Å². The van der Waals surface area contributed by atoms with Crippen LogP contribution in [0.2, 0.25) is 5.02 Å². The summed E-state index contributed by atoms with van der Waals surface area (Å²) in [5, 5.41) is 1.53. The average Bonchev–Trinajstić information content (AvgIpc) is 2.14. The molecule has 17 heavy (non-hydrogen) atoms. The average molecular weight is 294 g/mol. The molecule has 0 amide bonds. The molecule has 1 rings (SSSR count). The minimum atomic E-state index is -3.62. The molecule has 3 N–H and O–H groups in total. The van der Waals surface area contributed by atoms with Crippen LogP contribution in [0.15, 0.2) is 23.1 Å². The van der Waals surface area contributed by atoms with E-state index >= 15 is 0 Å². The van der Waals surface area contributed by atoms with Gasteiger partial charge in [0.15, 0.2) is 0 Å². The van der Waals surface area contributed by atoms with Crippen molar-refractivity contribution in [3.8, 4) is 0 Å². The summed E-state index contributed by atoms with van der Waals surface area (Å²) < 4.78 is 23.6. The lowest BCUT2D eigenvalue weighted by Crippen LogP contribution is -2.36. The molecule has 0 atom stereocenters. The Morgan fingerprint density at radius 3 is 2.47 bits per heavy atom. The molecule has 0 aromatic heterocycles. The molecule has 0 aliphatic carbocycles. The molecule has 0 unspecified atom stereocenters. The normalized spacial score (nSPS) is 11.8. The third-order valence-corrected chi connectivity index (χ3v) is 3.83. The molecule has 1 aromatic carbocycles. The van der Waals surface area contributed by atoms with Gasteiger partial charge in [-0.15, -0.1) is 4.83 Å². The van der Waals surface area contributed by atoms with Crippen LogP contribution in [0.5, 0.6) is 0 Å². The van der Waals surface area contributed by atoms with Gasteiger partial charge >= 0.3 is 0 Å². The lowest BCUT2D eigenvalue weighted by Gasteiger charge is -2.13. The third-order valence-electron chi connectivity index (χ3n) is 1.82. The standard InChI is InChI=1S/C9H12ClN3O2S2/c1-13(2)12-17(14,15)6-3-4-7(9(11)16)8(10)5-6/h3-5,12H,1-2H3,(H2,11,16). The van der Waals surface area contributed by atoms with Crippen molar-refractivity contribution in [2.75, 3.05) is 14.1 Å². The summed E-state index contributed by atoms with van der Waals surface area (Å²) in [5.74, 6) is 0. The van der Waals surface area contributed by atoms with Crippen LogP contribution in [0.4, 0.5) is 0 Å². The summed E-state index contributed by atoms with van der Waals surface area (Å²) in [4.78, 5) is 2.47. The zero-order valence-corrected chi connectivity index (χ0v) is 11.7. The number of thiocarbonyl (C=S) groups is 1. The van der Waals surface area contributed by atoms with Crippen molar-refractivity contribution in [1.29, 1.82) is 0 Å². The van der Waals surface area contributed by atoms with Gasteiger partial charge in [-0.2, -0.15) is 0 Å². The fraction of sp³-hybridized carbons (Fsp3) is 0.222. The van der Waals surface area contributed by atoms with Crippen molar-refractivity contribution in [2.24, 2.45) is 5.73 Å². The van der Waals surface area contributed by atoms with Gasteiger partial charge < -0.3 is 5.73 Å². The minimum Gasteiger partial charge on any atom is -0.389 e. The van der Waals surface area contributed by atoms with E-state index in [1.54, 1.807) is 14.1 Å². The highest BCUT2D eigenvalue weighted by Gasteiger charge is 2.16. The maximum absolute atomic E-state index is 11.8. The number of hydrogen-bond donors (Lipinski definition) is 2. The first-order valence-corrected chi connectivity index (χ1v) is 6.80. The van der Waals surface area contributed by atoms with Crippen molar-refractivity contribution >= 4 is 38.8 Å². The van der Waals surface area contributed by atoms with Crippen LogP contribution in [-0.4, -0.2) is 32.5 Å². The van der Waals surface area contributed by atoms with E-state index in [-0.39, 0.29) is 14.9 Å². The van der Waals surface area contributed by atoms with Gasteiger partial charge in [-0.05, 0) is 18.2 Å². The number of hydrogen-bond acceptors (Lipinski definition) is 4. The molecular weight excluding hydrogens is 282 g/mol. The Balaban J connectivity index is 3.18. The van der Waals surface area contributed by atoms with Crippen LogP contribution >= 0.6 is 23.8 Å². The monoisotopic (exact) mass is 293 g/mol. The Morgan fingerprint density at radius 2 is 2.06 bits per heavy atom. The second-order valence-electron chi connectivity index (χ2n) is 3.50. The highest BCUT2D eigenvalue weighted by Crippen LogP contribution is 2.20. The molecule has 0 fully saturated rings. The summed E-state index contributed by atoms with van der Waals surface area (Å²) in [7, 11) is -0.473. The first-order chi connectivity index (χ1) is 7.74. The van der Waals surface area contributed by atoms with Crippen molar-refractivity contribution < 1.29 is 8.42 Å². The third kappa shape index (κ3) is 3.62. The molecule has 0 saturated heterocycles. The Morgan fingerprint density at radius 1 is 1.47 bits per heavy atom. The Bertz CT molecular complexity index is 543. The number of hydrazine groups is 1. The fourth-order valence-corrected chi connectivity index (χ4v) is 2.84. The zero-order valence-electron chi connectivity index (χ0n) is 9.27. The predicted octanol–water partition coefficient (Wildman–Crippen LogP) is 0.729. The van der Waals surface area contributed by atoms with Crippen LogP contribution in [0.1, 0.15) is 5.56 Å². The van der Waals surface area contributed by atoms with Gasteiger partial charge in [0.1, 0.15) is 4.99 Å². The van der Waals surface area contributed by atoms with Crippen molar-refractivity contribution in [2.45, 2.75) is 4.90 Å². The summed E-state index contributed by atoms with van der Waals surface area (Å²) in [6.45, 7) is 0. The highest BCUT2D eigenvalue weighted by atomic mass is 35.5. The lowest BCUT2D eigenvalue weighted by atomic mass is 10.2. The van der Waals surface area contributed by atoms with E-state index in [0.29, 0.717) is 5.56 Å². The number of nitrogens with one attached hydrogen (secondary N) is 1. The van der Waals surface area contributed by atoms with Gasteiger partial charge in [0.25, 0.3) is 10.0 Å². The fourth-order valence-electron chi connectivity index (χ4n) is 1.16. The maximum Gasteiger partial charge on any atom is 0.253 e. The van der Waals surface area contributed by atoms with E-state index in [4.69, 9.17) is 29.6 Å². The van der Waals surface area contributed by atoms with Crippen LogP contribution in [0.3, 0.4) is 0 Å². The Kier molecular flexibility index (Phi) is 4.45. The molecular formula is C9H12ClN3O2S2. The topological polar surface area (TPSA) is 75.4 Å². The van der Waals surface area contributed by atoms with Gasteiger partial charge in [-0.1, -0.05) is 23.8 Å². The molecule has 0 spiro atoms. The largest absolute Gasteiger partial charge is 0.389 e. The quantitative estimate of drug-likeness (QED) is 0.632. The molecule has 1 aromatic rings. The zero-order chi connectivity index (χ0) is 13.2. The van der Waals surface area contributed by atoms with Crippen molar-refractivity contribution in [3.05, 3.63) is 28.8 Å². The second kappa shape index (κ2) is 5.28. The smallest absolute Gasteiger partial charge is 0.253 e. The molecule has 5 nitrogen and oxygen atoms in total. The Labute approximate surface area is 111 Å². The number of halogens is 1. The van der Waals surface area contributed by atoms with E-state index < -0.39 is 10.0 Å². The second-order valence-corrected chi connectivity index (χ2v) is 6.00. The molecule has 0 heterocycles. The number of nitrogens with zero attached hydrogens (tertiary/aromatic N) is 1. The number of nitrogens with two attached hydrogens (primary N) is 1. The molecule has 94 valence electrons. The van der Waals surface area contributed by atoms with E-state index in [1.165, 1.54) is 23.2 Å².